The molecule has 0 aliphatic carbocycles. The van der Waals surface area contributed by atoms with E-state index >= 15 is 0 Å². The number of carbonyl (C=O) groups excluding carboxylic acids is 1. The van der Waals surface area contributed by atoms with Gasteiger partial charge in [0.1, 0.15) is 5.75 Å². The van der Waals surface area contributed by atoms with E-state index in [1.807, 2.05) is 0 Å². The van der Waals surface area contributed by atoms with Gasteiger partial charge in [0.2, 0.25) is 5.91 Å². The normalized spacial score (nSPS) is 20.6. The number of hydrogen-bond acceptors (Lipinski definition) is 5. The fourth-order valence-electron chi connectivity index (χ4n) is 2.20. The van der Waals surface area contributed by atoms with Crippen LogP contribution in [0.4, 0.5) is 5.69 Å². The highest BCUT2D eigenvalue weighted by atomic mass is 32.2. The third-order valence-corrected chi connectivity index (χ3v) is 5.13. The van der Waals surface area contributed by atoms with Gasteiger partial charge >= 0.3 is 0 Å². The smallest absolute Gasteiger partial charge is 0.228 e. The molecule has 1 fully saturated rings. The highest BCUT2D eigenvalue weighted by Gasteiger charge is 2.33. The van der Waals surface area contributed by atoms with Crippen LogP contribution in [0, 0.1) is 5.92 Å². The Morgan fingerprint density at radius 3 is 2.80 bits per heavy atom. The molecule has 7 heteroatoms. The van der Waals surface area contributed by atoms with E-state index in [1.54, 1.807) is 18.2 Å². The van der Waals surface area contributed by atoms with E-state index in [0.29, 0.717) is 24.4 Å². The van der Waals surface area contributed by atoms with Gasteiger partial charge < -0.3 is 15.8 Å². The van der Waals surface area contributed by atoms with Gasteiger partial charge in [-0.05, 0) is 24.1 Å². The molecule has 1 aliphatic heterocycles. The van der Waals surface area contributed by atoms with Gasteiger partial charge in [-0.25, -0.2) is 8.42 Å². The average Bonchev–Trinajstić information content (AvgIpc) is 2.79. The summed E-state index contributed by atoms with van der Waals surface area (Å²) in [6, 6.07) is 5.26. The Morgan fingerprint density at radius 1 is 1.50 bits per heavy atom. The molecule has 0 saturated carbocycles. The lowest BCUT2D eigenvalue weighted by atomic mass is 10.1. The number of hydrogen-bond donors (Lipinski definition) is 2. The molecule has 1 aromatic rings. The standard InChI is InChI=1S/C13H18N2O4S/c1-19-12-6-9(7-14)2-3-11(12)15-13(16)10-4-5-20(17,18)8-10/h2-3,6,10H,4-5,7-8,14H2,1H3,(H,15,16). The van der Waals surface area contributed by atoms with E-state index in [-0.39, 0.29) is 17.4 Å². The van der Waals surface area contributed by atoms with Crippen LogP contribution in [0.25, 0.3) is 0 Å². The van der Waals surface area contributed by atoms with Crippen molar-refractivity contribution in [1.29, 1.82) is 0 Å². The molecule has 0 spiro atoms. The zero-order valence-electron chi connectivity index (χ0n) is 11.3. The van der Waals surface area contributed by atoms with Gasteiger partial charge in [0.05, 0.1) is 30.2 Å². The van der Waals surface area contributed by atoms with E-state index in [2.05, 4.69) is 5.32 Å². The van der Waals surface area contributed by atoms with Crippen molar-refractivity contribution in [3.05, 3.63) is 23.8 Å². The van der Waals surface area contributed by atoms with Gasteiger partial charge in [0.25, 0.3) is 0 Å². The van der Waals surface area contributed by atoms with E-state index in [0.717, 1.165) is 5.56 Å². The lowest BCUT2D eigenvalue weighted by Crippen LogP contribution is -2.24. The largest absolute Gasteiger partial charge is 0.495 e. The Bertz CT molecular complexity index is 613. The van der Waals surface area contributed by atoms with Gasteiger partial charge in [-0.2, -0.15) is 0 Å². The lowest BCUT2D eigenvalue weighted by Gasteiger charge is -2.13. The molecule has 1 saturated heterocycles. The SMILES string of the molecule is COc1cc(CN)ccc1NC(=O)C1CCS(=O)(=O)C1. The highest BCUT2D eigenvalue weighted by molar-refractivity contribution is 7.91. The van der Waals surface area contributed by atoms with Crippen LogP contribution in [-0.2, 0) is 21.2 Å². The minimum atomic E-state index is -3.07. The Balaban J connectivity index is 2.12. The fourth-order valence-corrected chi connectivity index (χ4v) is 3.94. The van der Waals surface area contributed by atoms with Gasteiger partial charge in [-0.3, -0.25) is 4.79 Å². The Morgan fingerprint density at radius 2 is 2.25 bits per heavy atom. The van der Waals surface area contributed by atoms with E-state index in [9.17, 15) is 13.2 Å². The number of nitrogens with two attached hydrogens (primary N) is 1. The zero-order valence-corrected chi connectivity index (χ0v) is 12.1. The van der Waals surface area contributed by atoms with Gasteiger partial charge in [0.15, 0.2) is 9.84 Å². The first-order chi connectivity index (χ1) is 9.45. The molecular weight excluding hydrogens is 280 g/mol. The maximum atomic E-state index is 12.1. The molecule has 1 heterocycles. The zero-order chi connectivity index (χ0) is 14.8. The summed E-state index contributed by atoms with van der Waals surface area (Å²) in [4.78, 5) is 12.1. The van der Waals surface area contributed by atoms with Crippen LogP contribution in [0.2, 0.25) is 0 Å². The molecule has 1 atom stereocenters. The number of anilines is 1. The number of rotatable bonds is 4. The molecule has 6 nitrogen and oxygen atoms in total. The molecular formula is C13H18N2O4S. The van der Waals surface area contributed by atoms with Crippen LogP contribution in [0.3, 0.4) is 0 Å². The first kappa shape index (κ1) is 14.8. The minimum absolute atomic E-state index is 0.0777. The topological polar surface area (TPSA) is 98.5 Å². The van der Waals surface area contributed by atoms with Crippen molar-refractivity contribution in [2.24, 2.45) is 11.7 Å². The Hall–Kier alpha value is -1.60. The van der Waals surface area contributed by atoms with Gasteiger partial charge in [-0.15, -0.1) is 0 Å². The summed E-state index contributed by atoms with van der Waals surface area (Å²) in [7, 11) is -1.56. The number of benzene rings is 1. The van der Waals surface area contributed by atoms with Crippen molar-refractivity contribution in [3.63, 3.8) is 0 Å². The van der Waals surface area contributed by atoms with E-state index in [1.165, 1.54) is 7.11 Å². The van der Waals surface area contributed by atoms with Crippen molar-refractivity contribution in [3.8, 4) is 5.75 Å². The van der Waals surface area contributed by atoms with Crippen LogP contribution in [0.1, 0.15) is 12.0 Å². The summed E-state index contributed by atoms with van der Waals surface area (Å²) >= 11 is 0. The second kappa shape index (κ2) is 5.80. The number of carbonyl (C=O) groups is 1. The molecule has 0 bridgehead atoms. The monoisotopic (exact) mass is 298 g/mol. The predicted molar refractivity (Wildman–Crippen MR) is 76.3 cm³/mol. The van der Waals surface area contributed by atoms with Crippen LogP contribution in [-0.4, -0.2) is 32.9 Å². The van der Waals surface area contributed by atoms with Crippen LogP contribution < -0.4 is 15.8 Å². The summed E-state index contributed by atoms with van der Waals surface area (Å²) in [5.74, 6) is -0.262. The number of amides is 1. The summed E-state index contributed by atoms with van der Waals surface area (Å²) < 4.78 is 28.0. The summed E-state index contributed by atoms with van der Waals surface area (Å²) in [6.45, 7) is 0.380. The molecule has 1 aliphatic rings. The molecule has 2 rings (SSSR count). The van der Waals surface area contributed by atoms with Crippen molar-refractivity contribution >= 4 is 21.4 Å². The first-order valence-electron chi connectivity index (χ1n) is 6.33. The highest BCUT2D eigenvalue weighted by Crippen LogP contribution is 2.27. The van der Waals surface area contributed by atoms with Crippen molar-refractivity contribution in [2.75, 3.05) is 23.9 Å². The second-order valence-corrected chi connectivity index (χ2v) is 7.06. The lowest BCUT2D eigenvalue weighted by molar-refractivity contribution is -0.119. The second-order valence-electron chi connectivity index (χ2n) is 4.83. The minimum Gasteiger partial charge on any atom is -0.495 e. The molecule has 1 aromatic carbocycles. The maximum absolute atomic E-state index is 12.1. The van der Waals surface area contributed by atoms with Crippen molar-refractivity contribution in [2.45, 2.75) is 13.0 Å². The number of ether oxygens (including phenoxy) is 1. The molecule has 1 amide bonds. The van der Waals surface area contributed by atoms with Crippen LogP contribution in [0.15, 0.2) is 18.2 Å². The summed E-state index contributed by atoms with van der Waals surface area (Å²) in [6.07, 6.45) is 0.372. The van der Waals surface area contributed by atoms with E-state index in [4.69, 9.17) is 10.5 Å². The van der Waals surface area contributed by atoms with Crippen molar-refractivity contribution < 1.29 is 17.9 Å². The van der Waals surface area contributed by atoms with Crippen molar-refractivity contribution in [1.82, 2.24) is 0 Å². The molecule has 3 N–H and O–H groups in total. The molecule has 1 unspecified atom stereocenters. The Labute approximate surface area is 118 Å². The summed E-state index contributed by atoms with van der Waals surface area (Å²) in [5, 5.41) is 2.72. The summed E-state index contributed by atoms with van der Waals surface area (Å²) in [5.41, 5.74) is 6.96. The average molecular weight is 298 g/mol. The number of nitrogens with one attached hydrogen (secondary N) is 1. The van der Waals surface area contributed by atoms with Crippen LogP contribution in [0.5, 0.6) is 5.75 Å². The fraction of sp³-hybridized carbons (Fsp3) is 0.462. The molecule has 0 aromatic heterocycles. The molecule has 20 heavy (non-hydrogen) atoms. The third-order valence-electron chi connectivity index (χ3n) is 3.36. The predicted octanol–water partition coefficient (Wildman–Crippen LogP) is 0.527. The van der Waals surface area contributed by atoms with Gasteiger partial charge in [-0.1, -0.05) is 6.07 Å². The van der Waals surface area contributed by atoms with Crippen LogP contribution >= 0.6 is 0 Å². The maximum Gasteiger partial charge on any atom is 0.228 e. The Kier molecular flexibility index (Phi) is 4.29. The van der Waals surface area contributed by atoms with E-state index < -0.39 is 15.8 Å². The quantitative estimate of drug-likeness (QED) is 0.844. The molecule has 110 valence electrons. The number of methoxy groups -OCH3 is 1. The molecule has 0 radical (unpaired) electrons. The number of sulfone groups is 1. The first-order valence-corrected chi connectivity index (χ1v) is 8.15. The van der Waals surface area contributed by atoms with Gasteiger partial charge in [0, 0.05) is 6.54 Å². The third kappa shape index (κ3) is 3.29.